The van der Waals surface area contributed by atoms with Crippen molar-refractivity contribution in [2.24, 2.45) is 0 Å². The second kappa shape index (κ2) is 6.94. The average Bonchev–Trinajstić information content (AvgIpc) is 3.13. The van der Waals surface area contributed by atoms with Gasteiger partial charge in [0.1, 0.15) is 12.6 Å². The second-order valence-electron chi connectivity index (χ2n) is 8.39. The van der Waals surface area contributed by atoms with Crippen LogP contribution in [0, 0.1) is 10.1 Å². The third-order valence-electron chi connectivity index (χ3n) is 6.34. The number of amides is 2. The van der Waals surface area contributed by atoms with E-state index in [-0.39, 0.29) is 30.1 Å². The first-order chi connectivity index (χ1) is 14.9. The molecule has 8 nitrogen and oxygen atoms in total. The third-order valence-corrected chi connectivity index (χ3v) is 6.34. The fourth-order valence-electron chi connectivity index (χ4n) is 4.85. The van der Waals surface area contributed by atoms with E-state index in [9.17, 15) is 19.7 Å². The van der Waals surface area contributed by atoms with Gasteiger partial charge in [-0.1, -0.05) is 18.2 Å². The minimum Gasteiger partial charge on any atom is -0.356 e. The van der Waals surface area contributed by atoms with Crippen molar-refractivity contribution in [3.05, 3.63) is 75.5 Å². The van der Waals surface area contributed by atoms with E-state index in [1.54, 1.807) is 21.9 Å². The highest BCUT2D eigenvalue weighted by Gasteiger charge is 2.48. The Morgan fingerprint density at radius 2 is 1.81 bits per heavy atom. The van der Waals surface area contributed by atoms with Crippen LogP contribution in [-0.2, 0) is 16.0 Å². The number of aromatic amines is 1. The molecule has 1 saturated heterocycles. The molecular formula is C23H22N4O4. The number of carbonyl (C=O) groups is 2. The average molecular weight is 418 g/mol. The van der Waals surface area contributed by atoms with Crippen molar-refractivity contribution in [1.82, 2.24) is 14.8 Å². The number of para-hydroxylation sites is 1. The van der Waals surface area contributed by atoms with Crippen LogP contribution >= 0.6 is 0 Å². The van der Waals surface area contributed by atoms with E-state index >= 15 is 0 Å². The van der Waals surface area contributed by atoms with E-state index in [0.717, 1.165) is 27.7 Å². The zero-order valence-electron chi connectivity index (χ0n) is 17.2. The Kier molecular flexibility index (Phi) is 4.32. The van der Waals surface area contributed by atoms with Gasteiger partial charge in [-0.15, -0.1) is 0 Å². The monoisotopic (exact) mass is 418 g/mol. The summed E-state index contributed by atoms with van der Waals surface area (Å²) in [6.07, 6.45) is 0.441. The molecule has 0 bridgehead atoms. The fraction of sp³-hybridized carbons (Fsp3) is 0.304. The van der Waals surface area contributed by atoms with Crippen LogP contribution in [0.3, 0.4) is 0 Å². The molecule has 0 radical (unpaired) electrons. The Morgan fingerprint density at radius 3 is 2.48 bits per heavy atom. The van der Waals surface area contributed by atoms with Crippen LogP contribution in [0.1, 0.15) is 36.7 Å². The highest BCUT2D eigenvalue weighted by Crippen LogP contribution is 2.42. The number of hydrogen-bond donors (Lipinski definition) is 1. The summed E-state index contributed by atoms with van der Waals surface area (Å²) in [7, 11) is 0. The quantitative estimate of drug-likeness (QED) is 0.522. The minimum atomic E-state index is -0.601. The number of fused-ring (bicyclic) bond motifs is 4. The Balaban J connectivity index is 1.70. The molecule has 2 amide bonds. The summed E-state index contributed by atoms with van der Waals surface area (Å²) in [5, 5.41) is 12.1. The number of hydrogen-bond acceptors (Lipinski definition) is 4. The molecule has 2 atom stereocenters. The summed E-state index contributed by atoms with van der Waals surface area (Å²) < 4.78 is 0. The molecule has 2 aliphatic rings. The molecule has 2 aromatic carbocycles. The Hall–Kier alpha value is -3.68. The van der Waals surface area contributed by atoms with E-state index in [1.807, 2.05) is 38.1 Å². The largest absolute Gasteiger partial charge is 0.356 e. The maximum Gasteiger partial charge on any atom is 0.269 e. The summed E-state index contributed by atoms with van der Waals surface area (Å²) in [6, 6.07) is 12.9. The first-order valence-corrected chi connectivity index (χ1v) is 10.3. The predicted octanol–water partition coefficient (Wildman–Crippen LogP) is 3.17. The molecule has 1 aromatic heterocycles. The number of nitrogens with one attached hydrogen (secondary N) is 1. The highest BCUT2D eigenvalue weighted by molar-refractivity contribution is 5.97. The standard InChI is InChI=1S/C23H22N4O4/c1-13(2)25-12-20(28)26-19(23(25)29)11-17-16-5-3-4-6-18(16)24-21(17)22(26)14-7-9-15(10-8-14)27(30)31/h3-10,13,19,22,24H,11-12H2,1-2H3/t19-,22?/m1/s1. The fourth-order valence-corrected chi connectivity index (χ4v) is 4.85. The van der Waals surface area contributed by atoms with Crippen LogP contribution in [0.4, 0.5) is 5.69 Å². The summed E-state index contributed by atoms with van der Waals surface area (Å²) in [4.78, 5) is 44.1. The van der Waals surface area contributed by atoms with Crippen molar-refractivity contribution in [3.8, 4) is 0 Å². The van der Waals surface area contributed by atoms with E-state index in [1.165, 1.54) is 12.1 Å². The molecule has 0 saturated carbocycles. The van der Waals surface area contributed by atoms with Crippen molar-refractivity contribution < 1.29 is 14.5 Å². The van der Waals surface area contributed by atoms with Crippen LogP contribution in [0.15, 0.2) is 48.5 Å². The third kappa shape index (κ3) is 2.90. The van der Waals surface area contributed by atoms with Gasteiger partial charge in [0, 0.05) is 41.2 Å². The van der Waals surface area contributed by atoms with Gasteiger partial charge >= 0.3 is 0 Å². The van der Waals surface area contributed by atoms with Crippen LogP contribution in [0.25, 0.3) is 10.9 Å². The molecule has 1 unspecified atom stereocenters. The normalized spacial score (nSPS) is 20.9. The van der Waals surface area contributed by atoms with Crippen molar-refractivity contribution in [2.75, 3.05) is 6.54 Å². The topological polar surface area (TPSA) is 99.5 Å². The Labute approximate surface area is 178 Å². The van der Waals surface area contributed by atoms with Crippen molar-refractivity contribution in [2.45, 2.75) is 38.4 Å². The summed E-state index contributed by atoms with van der Waals surface area (Å²) >= 11 is 0. The highest BCUT2D eigenvalue weighted by atomic mass is 16.6. The van der Waals surface area contributed by atoms with Gasteiger partial charge in [0.25, 0.3) is 5.69 Å². The molecule has 1 N–H and O–H groups in total. The molecule has 8 heteroatoms. The molecule has 1 fully saturated rings. The van der Waals surface area contributed by atoms with Crippen LogP contribution < -0.4 is 0 Å². The lowest BCUT2D eigenvalue weighted by Crippen LogP contribution is -2.64. The van der Waals surface area contributed by atoms with Gasteiger partial charge in [-0.25, -0.2) is 0 Å². The first kappa shape index (κ1) is 19.3. The number of rotatable bonds is 3. The second-order valence-corrected chi connectivity index (χ2v) is 8.39. The van der Waals surface area contributed by atoms with E-state index in [0.29, 0.717) is 6.42 Å². The zero-order valence-corrected chi connectivity index (χ0v) is 17.2. The maximum absolute atomic E-state index is 13.4. The lowest BCUT2D eigenvalue weighted by molar-refractivity contribution is -0.384. The Morgan fingerprint density at radius 1 is 1.10 bits per heavy atom. The number of H-pyrrole nitrogens is 1. The van der Waals surface area contributed by atoms with Gasteiger partial charge in [-0.05, 0) is 43.2 Å². The Bertz CT molecular complexity index is 1210. The van der Waals surface area contributed by atoms with Gasteiger partial charge < -0.3 is 14.8 Å². The molecule has 0 spiro atoms. The van der Waals surface area contributed by atoms with Crippen LogP contribution in [0.2, 0.25) is 0 Å². The number of nitro benzene ring substituents is 1. The van der Waals surface area contributed by atoms with Gasteiger partial charge in [0.05, 0.1) is 11.0 Å². The summed E-state index contributed by atoms with van der Waals surface area (Å²) in [5.41, 5.74) is 3.56. The van der Waals surface area contributed by atoms with Gasteiger partial charge in [0.15, 0.2) is 0 Å². The van der Waals surface area contributed by atoms with Crippen LogP contribution in [-0.4, -0.2) is 50.1 Å². The number of aromatic nitrogens is 1. The lowest BCUT2D eigenvalue weighted by atomic mass is 9.86. The van der Waals surface area contributed by atoms with E-state index < -0.39 is 17.0 Å². The summed E-state index contributed by atoms with van der Waals surface area (Å²) in [6.45, 7) is 3.86. The number of non-ortho nitro benzene ring substituents is 1. The van der Waals surface area contributed by atoms with Gasteiger partial charge in [0.2, 0.25) is 11.8 Å². The molecule has 5 rings (SSSR count). The van der Waals surface area contributed by atoms with Crippen molar-refractivity contribution >= 4 is 28.4 Å². The smallest absolute Gasteiger partial charge is 0.269 e. The number of nitrogens with zero attached hydrogens (tertiary/aromatic N) is 3. The predicted molar refractivity (Wildman–Crippen MR) is 114 cm³/mol. The van der Waals surface area contributed by atoms with Crippen molar-refractivity contribution in [1.29, 1.82) is 0 Å². The number of benzene rings is 2. The zero-order chi connectivity index (χ0) is 21.9. The summed E-state index contributed by atoms with van der Waals surface area (Å²) in [5.74, 6) is -0.177. The molecule has 158 valence electrons. The first-order valence-electron chi connectivity index (χ1n) is 10.3. The number of carbonyl (C=O) groups excluding carboxylic acids is 2. The minimum absolute atomic E-state index is 0.0139. The maximum atomic E-state index is 13.4. The van der Waals surface area contributed by atoms with Crippen molar-refractivity contribution in [3.63, 3.8) is 0 Å². The molecule has 3 aromatic rings. The number of piperazine rings is 1. The number of nitro groups is 1. The molecule has 3 heterocycles. The van der Waals surface area contributed by atoms with Gasteiger partial charge in [-0.2, -0.15) is 0 Å². The molecule has 0 aliphatic carbocycles. The van der Waals surface area contributed by atoms with Gasteiger partial charge in [-0.3, -0.25) is 19.7 Å². The lowest BCUT2D eigenvalue weighted by Gasteiger charge is -2.48. The van der Waals surface area contributed by atoms with Crippen LogP contribution in [0.5, 0.6) is 0 Å². The molecule has 2 aliphatic heterocycles. The molecule has 31 heavy (non-hydrogen) atoms. The van der Waals surface area contributed by atoms with E-state index in [4.69, 9.17) is 0 Å². The van der Waals surface area contributed by atoms with E-state index in [2.05, 4.69) is 4.98 Å². The SMILES string of the molecule is CC(C)N1CC(=O)N2C(c3ccc([N+](=O)[O-])cc3)c3[nH]c4ccccc4c3C[C@@H]2C1=O. The molecular weight excluding hydrogens is 396 g/mol.